The maximum atomic E-state index is 13.1. The minimum Gasteiger partial charge on any atom is -0.393 e. The van der Waals surface area contributed by atoms with Gasteiger partial charge >= 0.3 is 6.18 Å². The molecule has 0 amide bonds. The zero-order valence-electron chi connectivity index (χ0n) is 20.9. The van der Waals surface area contributed by atoms with Crippen LogP contribution in [0.25, 0.3) is 0 Å². The highest BCUT2D eigenvalue weighted by molar-refractivity contribution is 5.25. The van der Waals surface area contributed by atoms with Gasteiger partial charge in [0.05, 0.1) is 6.10 Å². The highest BCUT2D eigenvalue weighted by Crippen LogP contribution is 2.67. The second-order valence-electron chi connectivity index (χ2n) is 12.4. The fraction of sp³-hybridized carbons (Fsp3) is 0.759. The van der Waals surface area contributed by atoms with Gasteiger partial charge in [-0.2, -0.15) is 13.2 Å². The number of hydrogen-bond acceptors (Lipinski definition) is 2. The molecule has 0 radical (unpaired) electrons. The first-order valence-electron chi connectivity index (χ1n) is 13.4. The Morgan fingerprint density at radius 2 is 1.88 bits per heavy atom. The van der Waals surface area contributed by atoms with E-state index in [0.717, 1.165) is 55.9 Å². The van der Waals surface area contributed by atoms with Gasteiger partial charge in [-0.1, -0.05) is 38.5 Å². The zero-order chi connectivity index (χ0) is 24.3. The summed E-state index contributed by atoms with van der Waals surface area (Å²) in [5.41, 5.74) is 1.90. The van der Waals surface area contributed by atoms with Crippen molar-refractivity contribution in [3.8, 4) is 0 Å². The number of aromatic nitrogens is 1. The molecule has 0 aromatic carbocycles. The highest BCUT2D eigenvalue weighted by Gasteiger charge is 2.59. The molecular formula is C29H40F3NO. The Morgan fingerprint density at radius 1 is 1.09 bits per heavy atom. The van der Waals surface area contributed by atoms with Crippen molar-refractivity contribution in [2.45, 2.75) is 97.3 Å². The Hall–Kier alpha value is -1.36. The summed E-state index contributed by atoms with van der Waals surface area (Å²) in [5.74, 6) is 3.34. The number of halogens is 3. The van der Waals surface area contributed by atoms with Crippen LogP contribution in [-0.2, 0) is 12.6 Å². The molecule has 2 nitrogen and oxygen atoms in total. The number of aliphatic hydroxyl groups excluding tert-OH is 1. The van der Waals surface area contributed by atoms with Crippen molar-refractivity contribution in [1.29, 1.82) is 0 Å². The first kappa shape index (κ1) is 24.3. The molecule has 3 fully saturated rings. The van der Waals surface area contributed by atoms with Crippen molar-refractivity contribution in [3.05, 3.63) is 41.2 Å². The molecule has 3 saturated carbocycles. The fourth-order valence-corrected chi connectivity index (χ4v) is 8.97. The fourth-order valence-electron chi connectivity index (χ4n) is 8.97. The van der Waals surface area contributed by atoms with Gasteiger partial charge in [0.15, 0.2) is 0 Å². The molecule has 34 heavy (non-hydrogen) atoms. The summed E-state index contributed by atoms with van der Waals surface area (Å²) in [4.78, 5) is 3.90. The third kappa shape index (κ3) is 4.04. The molecule has 5 heteroatoms. The molecule has 8 atom stereocenters. The molecule has 0 bridgehead atoms. The lowest BCUT2D eigenvalue weighted by Crippen LogP contribution is -2.50. The van der Waals surface area contributed by atoms with E-state index in [2.05, 4.69) is 31.8 Å². The van der Waals surface area contributed by atoms with E-state index in [-0.39, 0.29) is 11.5 Å². The van der Waals surface area contributed by atoms with Gasteiger partial charge in [0, 0.05) is 5.69 Å². The lowest BCUT2D eigenvalue weighted by atomic mass is 9.47. The molecule has 188 valence electrons. The van der Waals surface area contributed by atoms with E-state index in [4.69, 9.17) is 0 Å². The third-order valence-electron chi connectivity index (χ3n) is 10.8. The van der Waals surface area contributed by atoms with Gasteiger partial charge in [0.25, 0.3) is 0 Å². The summed E-state index contributed by atoms with van der Waals surface area (Å²) in [7, 11) is 0. The van der Waals surface area contributed by atoms with Gasteiger partial charge in [0.1, 0.15) is 5.69 Å². The van der Waals surface area contributed by atoms with E-state index < -0.39 is 11.9 Å². The van der Waals surface area contributed by atoms with Gasteiger partial charge in [-0.25, -0.2) is 4.98 Å². The van der Waals surface area contributed by atoms with Gasteiger partial charge < -0.3 is 5.11 Å². The topological polar surface area (TPSA) is 33.1 Å². The number of aryl methyl sites for hydroxylation is 1. The van der Waals surface area contributed by atoms with E-state index in [0.29, 0.717) is 29.4 Å². The molecule has 5 rings (SSSR count). The van der Waals surface area contributed by atoms with Crippen molar-refractivity contribution in [2.75, 3.05) is 0 Å². The highest BCUT2D eigenvalue weighted by atomic mass is 19.4. The number of rotatable bonds is 4. The zero-order valence-corrected chi connectivity index (χ0v) is 20.9. The number of allylic oxidation sites excluding steroid dienone is 1. The standard InChI is InChI=1S/C29H40F3NO/c1-18(7-9-20-5-4-6-26(33-20)29(30,31)32)23-11-12-24-22-10-8-19-17-21(34)13-15-27(19,2)25(22)14-16-28(23,24)3/h4-6,8,18,21-25,34H,7,9-17H2,1-3H3/t18?,21-,22-,23+,24-,25-,27-,28+/m0/s1. The average Bonchev–Trinajstić information content (AvgIpc) is 3.15. The largest absolute Gasteiger partial charge is 0.433 e. The maximum absolute atomic E-state index is 13.1. The van der Waals surface area contributed by atoms with E-state index in [9.17, 15) is 18.3 Å². The van der Waals surface area contributed by atoms with Crippen LogP contribution in [0, 0.1) is 40.4 Å². The van der Waals surface area contributed by atoms with E-state index in [1.165, 1.54) is 37.3 Å². The number of nitrogens with zero attached hydrogens (tertiary/aromatic N) is 1. The molecule has 1 N–H and O–H groups in total. The number of fused-ring (bicyclic) bond motifs is 5. The van der Waals surface area contributed by atoms with Crippen molar-refractivity contribution < 1.29 is 18.3 Å². The summed E-state index contributed by atoms with van der Waals surface area (Å²) in [6.07, 6.45) is 8.62. The molecule has 0 saturated heterocycles. The molecule has 4 aliphatic rings. The second kappa shape index (κ2) is 8.64. The van der Waals surface area contributed by atoms with Crippen LogP contribution in [0.15, 0.2) is 29.8 Å². The lowest BCUT2D eigenvalue weighted by Gasteiger charge is -2.58. The van der Waals surface area contributed by atoms with Gasteiger partial charge in [-0.3, -0.25) is 0 Å². The van der Waals surface area contributed by atoms with E-state index in [1.807, 2.05) is 0 Å². The van der Waals surface area contributed by atoms with Gasteiger partial charge in [-0.05, 0) is 117 Å². The molecule has 0 aliphatic heterocycles. The summed E-state index contributed by atoms with van der Waals surface area (Å²) in [6, 6.07) is 4.28. The Balaban J connectivity index is 1.28. The first-order chi connectivity index (χ1) is 16.0. The molecule has 0 spiro atoms. The van der Waals surface area contributed by atoms with Crippen LogP contribution in [0.4, 0.5) is 13.2 Å². The van der Waals surface area contributed by atoms with Crippen LogP contribution in [-0.4, -0.2) is 16.2 Å². The Kier molecular flexibility index (Phi) is 6.18. The minimum atomic E-state index is -4.38. The monoisotopic (exact) mass is 475 g/mol. The molecular weight excluding hydrogens is 435 g/mol. The maximum Gasteiger partial charge on any atom is 0.433 e. The van der Waals surface area contributed by atoms with E-state index in [1.54, 1.807) is 6.07 Å². The van der Waals surface area contributed by atoms with Crippen molar-refractivity contribution in [1.82, 2.24) is 4.98 Å². The molecule has 1 aromatic rings. The molecule has 4 aliphatic carbocycles. The lowest BCUT2D eigenvalue weighted by molar-refractivity contribution is -0.141. The van der Waals surface area contributed by atoms with Crippen LogP contribution >= 0.6 is 0 Å². The number of hydrogen-bond donors (Lipinski definition) is 1. The predicted octanol–water partition coefficient (Wildman–Crippen LogP) is 7.61. The smallest absolute Gasteiger partial charge is 0.393 e. The van der Waals surface area contributed by atoms with Crippen molar-refractivity contribution >= 4 is 0 Å². The van der Waals surface area contributed by atoms with Crippen LogP contribution in [0.1, 0.15) is 89.9 Å². The summed E-state index contributed by atoms with van der Waals surface area (Å²) in [5, 5.41) is 10.2. The first-order valence-corrected chi connectivity index (χ1v) is 13.4. The summed E-state index contributed by atoms with van der Waals surface area (Å²) >= 11 is 0. The normalized spacial score (nSPS) is 40.7. The summed E-state index contributed by atoms with van der Waals surface area (Å²) in [6.45, 7) is 7.32. The molecule has 1 aromatic heterocycles. The molecule has 1 heterocycles. The van der Waals surface area contributed by atoms with Crippen molar-refractivity contribution in [2.24, 2.45) is 40.4 Å². The van der Waals surface area contributed by atoms with Gasteiger partial charge in [-0.15, -0.1) is 0 Å². The number of aliphatic hydroxyl groups is 1. The second-order valence-corrected chi connectivity index (χ2v) is 12.4. The number of alkyl halides is 3. The van der Waals surface area contributed by atoms with Crippen molar-refractivity contribution in [3.63, 3.8) is 0 Å². The van der Waals surface area contributed by atoms with Crippen LogP contribution in [0.2, 0.25) is 0 Å². The number of pyridine rings is 1. The molecule has 1 unspecified atom stereocenters. The van der Waals surface area contributed by atoms with E-state index >= 15 is 0 Å². The quantitative estimate of drug-likeness (QED) is 0.455. The average molecular weight is 476 g/mol. The summed E-state index contributed by atoms with van der Waals surface area (Å²) < 4.78 is 39.2. The van der Waals surface area contributed by atoms with Gasteiger partial charge in [0.2, 0.25) is 0 Å². The van der Waals surface area contributed by atoms with Crippen LogP contribution in [0.5, 0.6) is 0 Å². The Bertz CT molecular complexity index is 942. The Morgan fingerprint density at radius 3 is 2.65 bits per heavy atom. The van der Waals surface area contributed by atoms with Crippen LogP contribution < -0.4 is 0 Å². The predicted molar refractivity (Wildman–Crippen MR) is 128 cm³/mol. The Labute approximate surface area is 202 Å². The third-order valence-corrected chi connectivity index (χ3v) is 10.8. The SMILES string of the molecule is CC(CCc1cccc(C(F)(F)F)n1)[C@H]1CC[C@H]2[C@@H]3CC=C4C[C@@H](O)CC[C@]4(C)[C@H]3CC[C@]12C. The van der Waals surface area contributed by atoms with Crippen LogP contribution in [0.3, 0.4) is 0 Å². The minimum absolute atomic E-state index is 0.159.